The second kappa shape index (κ2) is 2.88. The van der Waals surface area contributed by atoms with Gasteiger partial charge in [0.05, 0.1) is 12.2 Å². The van der Waals surface area contributed by atoms with Crippen LogP contribution in [0.5, 0.6) is 0 Å². The Balaban J connectivity index is 1.58. The molecule has 2 aliphatic carbocycles. The standard InChI is InChI=1S/C13H18O3/c14-11(12-7-3-1-5-9(12)15-12)13-8-4-2-6-10(13)16-13/h9-10H,1-8H2. The summed E-state index contributed by atoms with van der Waals surface area (Å²) in [5.74, 6) is 0.300. The first kappa shape index (κ1) is 9.60. The summed E-state index contributed by atoms with van der Waals surface area (Å²) in [5.41, 5.74) is -0.797. The number of ether oxygens (including phenoxy) is 2. The second-order valence-electron chi connectivity index (χ2n) is 5.81. The smallest absolute Gasteiger partial charge is 0.201 e. The molecule has 2 heterocycles. The molecule has 0 bridgehead atoms. The highest BCUT2D eigenvalue weighted by molar-refractivity contribution is 6.00. The summed E-state index contributed by atoms with van der Waals surface area (Å²) in [6.07, 6.45) is 9.21. The second-order valence-corrected chi connectivity index (χ2v) is 5.81. The van der Waals surface area contributed by atoms with E-state index in [2.05, 4.69) is 0 Å². The molecule has 0 amide bonds. The lowest BCUT2D eigenvalue weighted by Gasteiger charge is -2.22. The van der Waals surface area contributed by atoms with E-state index in [-0.39, 0.29) is 12.2 Å². The Hall–Kier alpha value is -0.410. The summed E-state index contributed by atoms with van der Waals surface area (Å²) in [6.45, 7) is 0. The fraction of sp³-hybridized carbons (Fsp3) is 0.923. The number of rotatable bonds is 2. The predicted octanol–water partition coefficient (Wildman–Crippen LogP) is 1.98. The van der Waals surface area contributed by atoms with E-state index in [0.717, 1.165) is 38.5 Å². The van der Waals surface area contributed by atoms with Crippen molar-refractivity contribution in [2.24, 2.45) is 0 Å². The molecule has 0 aromatic carbocycles. The lowest BCUT2D eigenvalue weighted by Crippen LogP contribution is -2.43. The molecular weight excluding hydrogens is 204 g/mol. The normalized spacial score (nSPS) is 53.8. The first-order chi connectivity index (χ1) is 7.78. The van der Waals surface area contributed by atoms with Crippen LogP contribution in [0.3, 0.4) is 0 Å². The third kappa shape index (κ3) is 1.04. The van der Waals surface area contributed by atoms with E-state index < -0.39 is 11.2 Å². The Labute approximate surface area is 95.5 Å². The lowest BCUT2D eigenvalue weighted by atomic mass is 9.76. The van der Waals surface area contributed by atoms with Gasteiger partial charge in [0, 0.05) is 0 Å². The molecule has 2 saturated heterocycles. The predicted molar refractivity (Wildman–Crippen MR) is 57.2 cm³/mol. The van der Waals surface area contributed by atoms with E-state index >= 15 is 0 Å². The fourth-order valence-corrected chi connectivity index (χ4v) is 3.88. The van der Waals surface area contributed by atoms with Crippen LogP contribution in [0.4, 0.5) is 0 Å². The number of ketones is 1. The number of carbonyl (C=O) groups is 1. The van der Waals surface area contributed by atoms with E-state index in [4.69, 9.17) is 9.47 Å². The van der Waals surface area contributed by atoms with Crippen LogP contribution in [0.1, 0.15) is 51.4 Å². The van der Waals surface area contributed by atoms with Crippen LogP contribution in [0.25, 0.3) is 0 Å². The molecule has 0 radical (unpaired) electrons. The van der Waals surface area contributed by atoms with Gasteiger partial charge in [-0.05, 0) is 38.5 Å². The molecule has 0 spiro atoms. The van der Waals surface area contributed by atoms with Gasteiger partial charge < -0.3 is 9.47 Å². The summed E-state index contributed by atoms with van der Waals surface area (Å²) >= 11 is 0. The summed E-state index contributed by atoms with van der Waals surface area (Å²) in [6, 6.07) is 0. The number of carbonyl (C=O) groups excluding carboxylic acids is 1. The van der Waals surface area contributed by atoms with Crippen LogP contribution < -0.4 is 0 Å². The van der Waals surface area contributed by atoms with Gasteiger partial charge in [-0.2, -0.15) is 0 Å². The van der Waals surface area contributed by atoms with Crippen molar-refractivity contribution in [3.05, 3.63) is 0 Å². The fourth-order valence-electron chi connectivity index (χ4n) is 3.88. The lowest BCUT2D eigenvalue weighted by molar-refractivity contribution is -0.130. The van der Waals surface area contributed by atoms with Crippen LogP contribution in [0, 0.1) is 0 Å². The van der Waals surface area contributed by atoms with Crippen LogP contribution in [0.2, 0.25) is 0 Å². The Morgan fingerprint density at radius 3 is 1.81 bits per heavy atom. The Morgan fingerprint density at radius 1 is 0.875 bits per heavy atom. The molecule has 2 aliphatic heterocycles. The monoisotopic (exact) mass is 222 g/mol. The molecule has 88 valence electrons. The van der Waals surface area contributed by atoms with E-state index in [9.17, 15) is 4.79 Å². The number of epoxide rings is 2. The number of hydrogen-bond acceptors (Lipinski definition) is 3. The van der Waals surface area contributed by atoms with Crippen molar-refractivity contribution in [2.75, 3.05) is 0 Å². The Kier molecular flexibility index (Phi) is 1.73. The highest BCUT2D eigenvalue weighted by atomic mass is 16.6. The highest BCUT2D eigenvalue weighted by Crippen LogP contribution is 2.57. The molecule has 4 atom stereocenters. The van der Waals surface area contributed by atoms with Crippen LogP contribution in [-0.4, -0.2) is 29.2 Å². The van der Waals surface area contributed by atoms with E-state index in [1.807, 2.05) is 0 Å². The maximum atomic E-state index is 12.6. The molecule has 0 aromatic rings. The average molecular weight is 222 g/mol. The van der Waals surface area contributed by atoms with Gasteiger partial charge >= 0.3 is 0 Å². The highest BCUT2D eigenvalue weighted by Gasteiger charge is 2.74. The average Bonchev–Trinajstić information content (AvgIpc) is 3.20. The summed E-state index contributed by atoms with van der Waals surface area (Å²) in [7, 11) is 0. The maximum Gasteiger partial charge on any atom is 0.201 e. The quantitative estimate of drug-likeness (QED) is 0.671. The van der Waals surface area contributed by atoms with Crippen molar-refractivity contribution in [3.63, 3.8) is 0 Å². The minimum Gasteiger partial charge on any atom is -0.358 e. The van der Waals surface area contributed by atoms with E-state index in [0.29, 0.717) is 5.78 Å². The van der Waals surface area contributed by atoms with Gasteiger partial charge in [-0.15, -0.1) is 0 Å². The van der Waals surface area contributed by atoms with Gasteiger partial charge in [-0.3, -0.25) is 4.79 Å². The third-order valence-corrected chi connectivity index (χ3v) is 4.93. The summed E-state index contributed by atoms with van der Waals surface area (Å²) in [5, 5.41) is 0. The molecule has 2 saturated carbocycles. The van der Waals surface area contributed by atoms with Crippen molar-refractivity contribution in [1.29, 1.82) is 0 Å². The minimum atomic E-state index is -0.398. The van der Waals surface area contributed by atoms with Crippen molar-refractivity contribution in [2.45, 2.75) is 74.8 Å². The van der Waals surface area contributed by atoms with Crippen molar-refractivity contribution < 1.29 is 14.3 Å². The largest absolute Gasteiger partial charge is 0.358 e. The zero-order chi connectivity index (χ0) is 10.8. The molecule has 4 unspecified atom stereocenters. The number of Topliss-reactive ketones (excluding diaryl/α,β-unsaturated/α-hetero) is 1. The summed E-state index contributed by atoms with van der Waals surface area (Å²) in [4.78, 5) is 12.6. The third-order valence-electron chi connectivity index (χ3n) is 4.93. The molecular formula is C13H18O3. The molecule has 0 N–H and O–H groups in total. The van der Waals surface area contributed by atoms with Crippen molar-refractivity contribution in [3.8, 4) is 0 Å². The van der Waals surface area contributed by atoms with E-state index in [1.54, 1.807) is 0 Å². The zero-order valence-corrected chi connectivity index (χ0v) is 9.54. The molecule has 4 fully saturated rings. The topological polar surface area (TPSA) is 42.1 Å². The SMILES string of the molecule is O=C(C12CCCCC1O2)C12CCCCC1O2. The molecule has 4 aliphatic rings. The number of hydrogen-bond donors (Lipinski definition) is 0. The van der Waals surface area contributed by atoms with Crippen molar-refractivity contribution in [1.82, 2.24) is 0 Å². The number of fused-ring (bicyclic) bond motifs is 2. The van der Waals surface area contributed by atoms with E-state index in [1.165, 1.54) is 12.8 Å². The van der Waals surface area contributed by atoms with Gasteiger partial charge in [0.15, 0.2) is 11.2 Å². The molecule has 3 heteroatoms. The zero-order valence-electron chi connectivity index (χ0n) is 9.54. The molecule has 4 rings (SSSR count). The van der Waals surface area contributed by atoms with Gasteiger partial charge in [0.2, 0.25) is 5.78 Å². The van der Waals surface area contributed by atoms with Crippen molar-refractivity contribution >= 4 is 5.78 Å². The molecule has 16 heavy (non-hydrogen) atoms. The van der Waals surface area contributed by atoms with Gasteiger partial charge in [0.1, 0.15) is 0 Å². The van der Waals surface area contributed by atoms with Gasteiger partial charge in [0.25, 0.3) is 0 Å². The van der Waals surface area contributed by atoms with Crippen LogP contribution >= 0.6 is 0 Å². The minimum absolute atomic E-state index is 0.231. The molecule has 0 aromatic heterocycles. The maximum absolute atomic E-state index is 12.6. The summed E-state index contributed by atoms with van der Waals surface area (Å²) < 4.78 is 11.5. The van der Waals surface area contributed by atoms with Crippen LogP contribution in [-0.2, 0) is 14.3 Å². The Bertz CT molecular complexity index is 321. The molecule has 3 nitrogen and oxygen atoms in total. The van der Waals surface area contributed by atoms with Gasteiger partial charge in [-0.25, -0.2) is 0 Å². The first-order valence-electron chi connectivity index (χ1n) is 6.68. The van der Waals surface area contributed by atoms with Crippen LogP contribution in [0.15, 0.2) is 0 Å². The first-order valence-corrected chi connectivity index (χ1v) is 6.68. The Morgan fingerprint density at radius 2 is 1.38 bits per heavy atom. The van der Waals surface area contributed by atoms with Gasteiger partial charge in [-0.1, -0.05) is 12.8 Å².